The second-order valence-electron chi connectivity index (χ2n) is 12.7. The van der Waals surface area contributed by atoms with Crippen molar-refractivity contribution in [2.75, 3.05) is 48.9 Å². The minimum Gasteiger partial charge on any atom is -0.371 e. The minimum absolute atomic E-state index is 0.00850. The van der Waals surface area contributed by atoms with Gasteiger partial charge in [0.2, 0.25) is 5.95 Å². The third-order valence-electron chi connectivity index (χ3n) is 8.43. The van der Waals surface area contributed by atoms with Crippen LogP contribution < -0.4 is 16.0 Å². The molecule has 0 amide bonds. The number of hydrogen-bond acceptors (Lipinski definition) is 9. The highest BCUT2D eigenvalue weighted by atomic mass is 32.2. The molecule has 3 N–H and O–H groups in total. The van der Waals surface area contributed by atoms with E-state index >= 15 is 0 Å². The largest absolute Gasteiger partial charge is 0.371 e. The molecule has 1 aromatic carbocycles. The van der Waals surface area contributed by atoms with E-state index in [1.54, 1.807) is 18.6 Å². The molecule has 0 atom stereocenters. The van der Waals surface area contributed by atoms with E-state index in [1.807, 2.05) is 18.3 Å². The van der Waals surface area contributed by atoms with Crippen molar-refractivity contribution in [2.45, 2.75) is 50.1 Å². The zero-order chi connectivity index (χ0) is 29.1. The summed E-state index contributed by atoms with van der Waals surface area (Å²) in [6.45, 7) is 6.29. The van der Waals surface area contributed by atoms with Crippen molar-refractivity contribution < 1.29 is 4.21 Å². The van der Waals surface area contributed by atoms with Crippen LogP contribution in [0.1, 0.15) is 44.2 Å². The molecule has 4 aromatic rings. The number of anilines is 3. The summed E-state index contributed by atoms with van der Waals surface area (Å²) in [5, 5.41) is 4.36. The van der Waals surface area contributed by atoms with E-state index in [4.69, 9.17) is 15.7 Å². The second-order valence-corrected chi connectivity index (χ2v) is 15.3. The van der Waals surface area contributed by atoms with Crippen LogP contribution >= 0.6 is 0 Å². The molecule has 5 heterocycles. The van der Waals surface area contributed by atoms with Gasteiger partial charge in [-0.3, -0.25) is 9.47 Å². The van der Waals surface area contributed by atoms with E-state index < -0.39 is 9.73 Å². The van der Waals surface area contributed by atoms with E-state index in [1.165, 1.54) is 24.2 Å². The Morgan fingerprint density at radius 1 is 1.02 bits per heavy atom. The quantitative estimate of drug-likeness (QED) is 0.318. The summed E-state index contributed by atoms with van der Waals surface area (Å²) in [6.07, 6.45) is 9.75. The number of aromatic nitrogens is 4. The second kappa shape index (κ2) is 10.3. The Morgan fingerprint density at radius 3 is 2.43 bits per heavy atom. The molecule has 0 radical (unpaired) electrons. The first-order valence-electron chi connectivity index (χ1n) is 14.8. The van der Waals surface area contributed by atoms with Crippen LogP contribution in [0.15, 0.2) is 59.1 Å². The van der Waals surface area contributed by atoms with Crippen LogP contribution in [-0.4, -0.2) is 78.9 Å². The van der Waals surface area contributed by atoms with Crippen LogP contribution in [-0.2, 0) is 9.73 Å². The zero-order valence-corrected chi connectivity index (χ0v) is 25.3. The van der Waals surface area contributed by atoms with Gasteiger partial charge in [0.1, 0.15) is 5.82 Å². The SMILES string of the molecule is CC1(N)CN(C2CCN(c3ccc(Nc4ncc5cc(C6CC6)n(-c6cccc(N=S(C)(C)=O)n6)c5n4)cc3)CC2)C1. The Morgan fingerprint density at radius 2 is 1.76 bits per heavy atom. The van der Waals surface area contributed by atoms with Gasteiger partial charge in [0.15, 0.2) is 11.5 Å². The Labute approximate surface area is 247 Å². The molecule has 3 aromatic heterocycles. The van der Waals surface area contributed by atoms with Gasteiger partial charge in [-0.1, -0.05) is 6.07 Å². The lowest BCUT2D eigenvalue weighted by Crippen LogP contribution is -2.68. The lowest BCUT2D eigenvalue weighted by molar-refractivity contribution is 0.0294. The molecule has 1 aliphatic carbocycles. The lowest BCUT2D eigenvalue weighted by Gasteiger charge is -2.51. The van der Waals surface area contributed by atoms with Crippen LogP contribution in [0.3, 0.4) is 0 Å². The Hall–Kier alpha value is -3.54. The molecule has 7 rings (SSSR count). The molecular formula is C31H39N9OS. The number of fused-ring (bicyclic) bond motifs is 1. The topological polar surface area (TPSA) is 118 Å². The molecule has 10 nitrogen and oxygen atoms in total. The number of piperidine rings is 1. The summed E-state index contributed by atoms with van der Waals surface area (Å²) in [6, 6.07) is 17.0. The third kappa shape index (κ3) is 5.73. The molecule has 2 saturated heterocycles. The van der Waals surface area contributed by atoms with E-state index in [2.05, 4.69) is 66.3 Å². The highest BCUT2D eigenvalue weighted by Gasteiger charge is 2.39. The molecule has 3 fully saturated rings. The number of nitrogens with zero attached hydrogens (tertiary/aromatic N) is 7. The maximum atomic E-state index is 12.3. The number of likely N-dealkylation sites (tertiary alicyclic amines) is 1. The summed E-state index contributed by atoms with van der Waals surface area (Å²) in [5.41, 5.74) is 10.4. The van der Waals surface area contributed by atoms with E-state index in [-0.39, 0.29) is 5.54 Å². The van der Waals surface area contributed by atoms with Gasteiger partial charge in [-0.15, -0.1) is 0 Å². The summed E-state index contributed by atoms with van der Waals surface area (Å²) in [4.78, 5) is 19.3. The van der Waals surface area contributed by atoms with E-state index in [0.717, 1.165) is 61.6 Å². The molecule has 11 heteroatoms. The molecule has 0 spiro atoms. The van der Waals surface area contributed by atoms with Gasteiger partial charge in [-0.05, 0) is 81.0 Å². The normalized spacial score (nSPS) is 19.6. The van der Waals surface area contributed by atoms with Crippen molar-refractivity contribution >= 4 is 43.9 Å². The third-order valence-corrected chi connectivity index (χ3v) is 9.05. The number of hydrogen-bond donors (Lipinski definition) is 2. The van der Waals surface area contributed by atoms with Crippen molar-refractivity contribution in [3.63, 3.8) is 0 Å². The molecule has 0 bridgehead atoms. The van der Waals surface area contributed by atoms with Gasteiger partial charge in [0, 0.05) is 88.7 Å². The van der Waals surface area contributed by atoms with Gasteiger partial charge in [-0.25, -0.2) is 14.2 Å². The molecular weight excluding hydrogens is 546 g/mol. The number of nitrogens with one attached hydrogen (secondary N) is 1. The fraction of sp³-hybridized carbons (Fsp3) is 0.452. The molecule has 3 aliphatic rings. The maximum Gasteiger partial charge on any atom is 0.229 e. The van der Waals surface area contributed by atoms with Crippen molar-refractivity contribution in [2.24, 2.45) is 10.1 Å². The first-order valence-corrected chi connectivity index (χ1v) is 17.1. The van der Waals surface area contributed by atoms with Gasteiger partial charge >= 0.3 is 0 Å². The predicted octanol–water partition coefficient (Wildman–Crippen LogP) is 4.80. The first kappa shape index (κ1) is 27.3. The van der Waals surface area contributed by atoms with Crippen LogP contribution in [0, 0.1) is 0 Å². The molecule has 2 aliphatic heterocycles. The number of rotatable bonds is 7. The van der Waals surface area contributed by atoms with Gasteiger partial charge in [0.25, 0.3) is 0 Å². The van der Waals surface area contributed by atoms with Crippen molar-refractivity contribution in [1.29, 1.82) is 0 Å². The predicted molar refractivity (Wildman–Crippen MR) is 170 cm³/mol. The van der Waals surface area contributed by atoms with E-state index in [9.17, 15) is 4.21 Å². The summed E-state index contributed by atoms with van der Waals surface area (Å²) < 4.78 is 18.7. The number of benzene rings is 1. The number of nitrogens with two attached hydrogens (primary N) is 1. The first-order chi connectivity index (χ1) is 20.1. The van der Waals surface area contributed by atoms with Crippen LogP contribution in [0.5, 0.6) is 0 Å². The Kier molecular flexibility index (Phi) is 6.71. The zero-order valence-electron chi connectivity index (χ0n) is 24.5. The van der Waals surface area contributed by atoms with Crippen molar-refractivity contribution in [3.8, 4) is 5.82 Å². The molecule has 220 valence electrons. The molecule has 42 heavy (non-hydrogen) atoms. The van der Waals surface area contributed by atoms with E-state index in [0.29, 0.717) is 23.7 Å². The minimum atomic E-state index is -2.32. The molecule has 0 unspecified atom stereocenters. The van der Waals surface area contributed by atoms with Crippen molar-refractivity contribution in [1.82, 2.24) is 24.4 Å². The molecule has 1 saturated carbocycles. The summed E-state index contributed by atoms with van der Waals surface area (Å²) >= 11 is 0. The van der Waals surface area contributed by atoms with Crippen LogP contribution in [0.2, 0.25) is 0 Å². The Bertz CT molecular complexity index is 1730. The smallest absolute Gasteiger partial charge is 0.229 e. The fourth-order valence-corrected chi connectivity index (χ4v) is 6.87. The fourth-order valence-electron chi connectivity index (χ4n) is 6.32. The van der Waals surface area contributed by atoms with Gasteiger partial charge < -0.3 is 16.0 Å². The monoisotopic (exact) mass is 585 g/mol. The highest BCUT2D eigenvalue weighted by molar-refractivity contribution is 7.92. The van der Waals surface area contributed by atoms with Crippen molar-refractivity contribution in [3.05, 3.63) is 60.4 Å². The summed E-state index contributed by atoms with van der Waals surface area (Å²) in [7, 11) is -2.32. The average molecular weight is 586 g/mol. The lowest BCUT2D eigenvalue weighted by atomic mass is 9.89. The summed E-state index contributed by atoms with van der Waals surface area (Å²) in [5.74, 6) is 2.19. The average Bonchev–Trinajstić information content (AvgIpc) is 3.72. The number of pyridine rings is 1. The highest BCUT2D eigenvalue weighted by Crippen LogP contribution is 2.43. The standard InChI is InChI=1S/C31H39N9OS/c1-31(32)19-39(20-31)25-13-15-38(16-14-25)24-11-9-23(10-12-24)34-30-33-18-22-17-26(21-7-8-21)40(29(22)36-30)28-6-4-5-27(35-28)37-42(2,3)41/h4-6,9-12,17-18,21,25H,7-8,13-16,19-20,32H2,1-3H3,(H,33,34,36). The maximum absolute atomic E-state index is 12.3. The van der Waals surface area contributed by atoms with Gasteiger partial charge in [0.05, 0.1) is 0 Å². The van der Waals surface area contributed by atoms with Gasteiger partial charge in [-0.2, -0.15) is 9.35 Å². The van der Waals surface area contributed by atoms with Crippen LogP contribution in [0.25, 0.3) is 16.9 Å². The Balaban J connectivity index is 1.09. The van der Waals surface area contributed by atoms with Crippen LogP contribution in [0.4, 0.5) is 23.1 Å².